The van der Waals surface area contributed by atoms with E-state index in [1.807, 2.05) is 0 Å². The molecule has 3 aromatic rings. The molecule has 0 aliphatic rings. The van der Waals surface area contributed by atoms with Crippen LogP contribution < -0.4 is 0 Å². The molecule has 0 fully saturated rings. The Kier molecular flexibility index (Phi) is 4.37. The summed E-state index contributed by atoms with van der Waals surface area (Å²) in [5.74, 6) is 0. The minimum absolute atomic E-state index is 0. The second-order valence-corrected chi connectivity index (χ2v) is 4.47. The Morgan fingerprint density at radius 3 is 2.32 bits per heavy atom. The zero-order valence-corrected chi connectivity index (χ0v) is 12.8. The van der Waals surface area contributed by atoms with Gasteiger partial charge in [-0.25, -0.2) is 4.98 Å². The van der Waals surface area contributed by atoms with Crippen molar-refractivity contribution >= 4 is 28.9 Å². The van der Waals surface area contributed by atoms with Crippen molar-refractivity contribution in [3.63, 3.8) is 0 Å². The number of pyridine rings is 1. The molecule has 0 saturated carbocycles. The van der Waals surface area contributed by atoms with Crippen LogP contribution in [0.2, 0.25) is 0 Å². The molecule has 22 heavy (non-hydrogen) atoms. The molecule has 2 heterocycles. The second-order valence-electron chi connectivity index (χ2n) is 4.47. The van der Waals surface area contributed by atoms with Crippen LogP contribution in [-0.2, 0) is 6.18 Å². The number of nitrogens with zero attached hydrogens (tertiary/aromatic N) is 2. The molecule has 7 heteroatoms. The summed E-state index contributed by atoms with van der Waals surface area (Å²) < 4.78 is 39.8. The van der Waals surface area contributed by atoms with Crippen LogP contribution >= 0.6 is 17.0 Å². The number of carbonyl (C=O) groups is 1. The number of imidazole rings is 1. The van der Waals surface area contributed by atoms with Gasteiger partial charge in [0.25, 0.3) is 0 Å². The van der Waals surface area contributed by atoms with Crippen LogP contribution in [0, 0.1) is 0 Å². The maximum atomic E-state index is 12.8. The molecule has 0 aliphatic heterocycles. The van der Waals surface area contributed by atoms with Crippen LogP contribution in [0.3, 0.4) is 0 Å². The molecule has 2 aromatic heterocycles. The molecule has 1 aromatic carbocycles. The minimum Gasteiger partial charge on any atom is -0.298 e. The molecule has 0 radical (unpaired) electrons. The lowest BCUT2D eigenvalue weighted by Gasteiger charge is -2.08. The summed E-state index contributed by atoms with van der Waals surface area (Å²) >= 11 is 0. The predicted octanol–water partition coefficient (Wildman–Crippen LogP) is 4.41. The van der Waals surface area contributed by atoms with E-state index in [4.69, 9.17) is 0 Å². The van der Waals surface area contributed by atoms with E-state index in [-0.39, 0.29) is 22.7 Å². The van der Waals surface area contributed by atoms with Gasteiger partial charge in [-0.05, 0) is 12.1 Å². The number of fused-ring (bicyclic) bond motifs is 1. The number of benzene rings is 1. The van der Waals surface area contributed by atoms with Crippen molar-refractivity contribution in [3.8, 4) is 11.3 Å². The van der Waals surface area contributed by atoms with Gasteiger partial charge in [0.05, 0.1) is 11.3 Å². The van der Waals surface area contributed by atoms with Gasteiger partial charge in [-0.1, -0.05) is 30.3 Å². The summed E-state index contributed by atoms with van der Waals surface area (Å²) in [5.41, 5.74) is 0.602. The molecule has 0 N–H and O–H groups in total. The fourth-order valence-electron chi connectivity index (χ4n) is 2.20. The van der Waals surface area contributed by atoms with Gasteiger partial charge >= 0.3 is 6.18 Å². The van der Waals surface area contributed by atoms with Crippen molar-refractivity contribution in [1.82, 2.24) is 9.38 Å². The number of alkyl halides is 3. The van der Waals surface area contributed by atoms with E-state index in [1.54, 1.807) is 30.3 Å². The Bertz CT molecular complexity index is 813. The lowest BCUT2D eigenvalue weighted by molar-refractivity contribution is -0.137. The maximum Gasteiger partial charge on any atom is 0.417 e. The fraction of sp³-hybridized carbons (Fsp3) is 0.0667. The minimum atomic E-state index is -4.45. The first kappa shape index (κ1) is 16.2. The maximum absolute atomic E-state index is 12.8. The van der Waals surface area contributed by atoms with Crippen LogP contribution in [0.4, 0.5) is 13.2 Å². The lowest BCUT2D eigenvalue weighted by Crippen LogP contribution is -2.06. The highest BCUT2D eigenvalue weighted by molar-refractivity contribution is 8.93. The van der Waals surface area contributed by atoms with Gasteiger partial charge in [0.2, 0.25) is 0 Å². The second kappa shape index (κ2) is 5.92. The molecular weight excluding hydrogens is 361 g/mol. The standard InChI is InChI=1S/C15H9F3N2O.BrH/c16-15(17,18)11-6-7-13-19-12(9-21)14(20(13)8-11)10-4-2-1-3-5-10;/h1-9H;1H. The van der Waals surface area contributed by atoms with Crippen LogP contribution in [0.15, 0.2) is 48.7 Å². The highest BCUT2D eigenvalue weighted by atomic mass is 79.9. The first-order valence-electron chi connectivity index (χ1n) is 6.10. The summed E-state index contributed by atoms with van der Waals surface area (Å²) in [6, 6.07) is 10.9. The first-order chi connectivity index (χ1) is 10.0. The monoisotopic (exact) mass is 370 g/mol. The SMILES string of the molecule is Br.O=Cc1nc2ccc(C(F)(F)F)cn2c1-c1ccccc1. The van der Waals surface area contributed by atoms with E-state index in [1.165, 1.54) is 10.5 Å². The Balaban J connectivity index is 0.00000176. The van der Waals surface area contributed by atoms with E-state index >= 15 is 0 Å². The van der Waals surface area contributed by atoms with Crippen molar-refractivity contribution in [2.45, 2.75) is 6.18 Å². The predicted molar refractivity (Wildman–Crippen MR) is 81.3 cm³/mol. The molecule has 0 bridgehead atoms. The molecular formula is C15H10BrF3N2O. The molecule has 3 nitrogen and oxygen atoms in total. The summed E-state index contributed by atoms with van der Waals surface area (Å²) in [7, 11) is 0. The van der Waals surface area contributed by atoms with E-state index in [2.05, 4.69) is 4.98 Å². The lowest BCUT2D eigenvalue weighted by atomic mass is 10.1. The Labute approximate surface area is 134 Å². The van der Waals surface area contributed by atoms with Gasteiger partial charge in [0.15, 0.2) is 6.29 Å². The normalized spacial score (nSPS) is 11.2. The number of halogens is 4. The van der Waals surface area contributed by atoms with Gasteiger partial charge in [-0.3, -0.25) is 9.20 Å². The average molecular weight is 371 g/mol. The Morgan fingerprint density at radius 1 is 1.05 bits per heavy atom. The quantitative estimate of drug-likeness (QED) is 0.626. The van der Waals surface area contributed by atoms with Gasteiger partial charge in [0, 0.05) is 11.8 Å². The van der Waals surface area contributed by atoms with Crippen molar-refractivity contribution < 1.29 is 18.0 Å². The van der Waals surface area contributed by atoms with Crippen LogP contribution in [0.1, 0.15) is 16.1 Å². The highest BCUT2D eigenvalue weighted by Gasteiger charge is 2.31. The van der Waals surface area contributed by atoms with Gasteiger partial charge in [-0.2, -0.15) is 13.2 Å². The Hall–Kier alpha value is -2.15. The molecule has 0 saturated heterocycles. The molecule has 0 unspecified atom stereocenters. The highest BCUT2D eigenvalue weighted by Crippen LogP contribution is 2.31. The van der Waals surface area contributed by atoms with Gasteiger partial charge in [-0.15, -0.1) is 17.0 Å². The number of rotatable bonds is 2. The van der Waals surface area contributed by atoms with Gasteiger partial charge in [0.1, 0.15) is 11.3 Å². The third-order valence-electron chi connectivity index (χ3n) is 3.13. The summed E-state index contributed by atoms with van der Waals surface area (Å²) in [5, 5.41) is 0. The molecule has 3 rings (SSSR count). The smallest absolute Gasteiger partial charge is 0.298 e. The van der Waals surface area contributed by atoms with Crippen molar-refractivity contribution in [2.75, 3.05) is 0 Å². The van der Waals surface area contributed by atoms with Crippen molar-refractivity contribution in [2.24, 2.45) is 0 Å². The van der Waals surface area contributed by atoms with Crippen molar-refractivity contribution in [3.05, 3.63) is 59.9 Å². The number of carbonyl (C=O) groups excluding carboxylic acids is 1. The third kappa shape index (κ3) is 2.76. The number of aromatic nitrogens is 2. The topological polar surface area (TPSA) is 34.4 Å². The fourth-order valence-corrected chi connectivity index (χ4v) is 2.20. The Morgan fingerprint density at radius 2 is 1.73 bits per heavy atom. The third-order valence-corrected chi connectivity index (χ3v) is 3.13. The van der Waals surface area contributed by atoms with E-state index in [0.29, 0.717) is 23.2 Å². The van der Waals surface area contributed by atoms with E-state index in [0.717, 1.165) is 12.3 Å². The number of aldehydes is 1. The van der Waals surface area contributed by atoms with E-state index in [9.17, 15) is 18.0 Å². The molecule has 0 amide bonds. The van der Waals surface area contributed by atoms with E-state index < -0.39 is 11.7 Å². The largest absolute Gasteiger partial charge is 0.417 e. The number of hydrogen-bond donors (Lipinski definition) is 0. The summed E-state index contributed by atoms with van der Waals surface area (Å²) in [6.07, 6.45) is -2.95. The zero-order chi connectivity index (χ0) is 15.0. The van der Waals surface area contributed by atoms with Crippen LogP contribution in [0.5, 0.6) is 0 Å². The summed E-state index contributed by atoms with van der Waals surface area (Å²) in [6.45, 7) is 0. The summed E-state index contributed by atoms with van der Waals surface area (Å²) in [4.78, 5) is 15.2. The molecule has 0 aliphatic carbocycles. The van der Waals surface area contributed by atoms with Crippen LogP contribution in [0.25, 0.3) is 16.9 Å². The van der Waals surface area contributed by atoms with Crippen molar-refractivity contribution in [1.29, 1.82) is 0 Å². The molecule has 114 valence electrons. The number of hydrogen-bond acceptors (Lipinski definition) is 2. The van der Waals surface area contributed by atoms with Gasteiger partial charge < -0.3 is 0 Å². The average Bonchev–Trinajstić information content (AvgIpc) is 2.84. The van der Waals surface area contributed by atoms with Crippen LogP contribution in [-0.4, -0.2) is 15.7 Å². The molecule has 0 atom stereocenters. The first-order valence-corrected chi connectivity index (χ1v) is 6.10. The zero-order valence-electron chi connectivity index (χ0n) is 11.0. The molecule has 0 spiro atoms.